The molecular formula is C16H30N3O8P. The second-order valence-corrected chi connectivity index (χ2v) is 7.56. The number of nitrogens with two attached hydrogens (primary N) is 1. The largest absolute Gasteiger partial charge is 0.472 e. The van der Waals surface area contributed by atoms with Crippen LogP contribution >= 0.6 is 7.82 Å². The van der Waals surface area contributed by atoms with Crippen LogP contribution in [-0.4, -0.2) is 60.7 Å². The molecule has 3 N–H and O–H groups in total. The lowest BCUT2D eigenvalue weighted by Gasteiger charge is -2.30. The smallest absolute Gasteiger partial charge is 0.383 e. The van der Waals surface area contributed by atoms with E-state index in [0.717, 1.165) is 7.11 Å². The number of hydrogen-bond acceptors (Lipinski definition) is 9. The van der Waals surface area contributed by atoms with E-state index in [0.29, 0.717) is 18.6 Å². The zero-order chi connectivity index (χ0) is 21.3. The Bertz CT molecular complexity index is 714. The van der Waals surface area contributed by atoms with Crippen LogP contribution in [0.15, 0.2) is 11.0 Å². The molecule has 12 heteroatoms. The first-order valence-corrected chi connectivity index (χ1v) is 10.3. The molecular weight excluding hydrogens is 393 g/mol. The Morgan fingerprint density at radius 3 is 2.57 bits per heavy atom. The molecule has 1 aromatic rings. The second-order valence-electron chi connectivity index (χ2n) is 6.04. The Morgan fingerprint density at radius 2 is 2.00 bits per heavy atom. The maximum absolute atomic E-state index is 12.1. The highest BCUT2D eigenvalue weighted by Crippen LogP contribution is 2.44. The molecule has 0 saturated carbocycles. The van der Waals surface area contributed by atoms with E-state index < -0.39 is 31.9 Å². The van der Waals surface area contributed by atoms with Crippen molar-refractivity contribution in [3.8, 4) is 0 Å². The van der Waals surface area contributed by atoms with Gasteiger partial charge in [0.25, 0.3) is 0 Å². The maximum atomic E-state index is 12.1. The average Bonchev–Trinajstić information content (AvgIpc) is 2.65. The van der Waals surface area contributed by atoms with Gasteiger partial charge >= 0.3 is 13.5 Å². The monoisotopic (exact) mass is 423 g/mol. The fourth-order valence-electron chi connectivity index (χ4n) is 2.37. The van der Waals surface area contributed by atoms with Crippen LogP contribution in [0.2, 0.25) is 0 Å². The average molecular weight is 423 g/mol. The summed E-state index contributed by atoms with van der Waals surface area (Å²) in [7, 11) is -1.68. The van der Waals surface area contributed by atoms with Crippen LogP contribution in [0, 0.1) is 6.92 Å². The third-order valence-electron chi connectivity index (χ3n) is 3.97. The topological polar surface area (TPSA) is 144 Å². The van der Waals surface area contributed by atoms with Crippen LogP contribution < -0.4 is 11.4 Å². The molecule has 3 unspecified atom stereocenters. The molecule has 0 bridgehead atoms. The summed E-state index contributed by atoms with van der Waals surface area (Å²) in [6.07, 6.45) is -0.354. The first-order chi connectivity index (χ1) is 13.1. The molecule has 0 aliphatic heterocycles. The fourth-order valence-corrected chi connectivity index (χ4v) is 2.99. The highest BCUT2D eigenvalue weighted by Gasteiger charge is 2.32. The van der Waals surface area contributed by atoms with Crippen molar-refractivity contribution in [2.75, 3.05) is 39.8 Å². The number of phosphoric acid groups is 1. The number of phosphoric ester groups is 1. The van der Waals surface area contributed by atoms with E-state index >= 15 is 0 Å². The minimum atomic E-state index is -4.28. The van der Waals surface area contributed by atoms with Gasteiger partial charge in [0.15, 0.2) is 0 Å². The molecule has 0 aromatic carbocycles. The van der Waals surface area contributed by atoms with Crippen LogP contribution in [0.4, 0.5) is 5.82 Å². The van der Waals surface area contributed by atoms with Gasteiger partial charge in [-0.1, -0.05) is 6.92 Å². The van der Waals surface area contributed by atoms with Gasteiger partial charge in [0.2, 0.25) is 0 Å². The number of ether oxygens (including phenoxy) is 3. The number of anilines is 1. The van der Waals surface area contributed by atoms with Crippen molar-refractivity contribution >= 4 is 13.6 Å². The van der Waals surface area contributed by atoms with Crippen molar-refractivity contribution < 1.29 is 32.7 Å². The van der Waals surface area contributed by atoms with Gasteiger partial charge in [0, 0.05) is 26.0 Å². The van der Waals surface area contributed by atoms with Crippen molar-refractivity contribution in [3.05, 3.63) is 22.2 Å². The van der Waals surface area contributed by atoms with Crippen LogP contribution in [0.25, 0.3) is 0 Å². The molecule has 1 heterocycles. The standard InChI is InChI=1S/C16H30N3O8P/c1-6-13(14(10-25-8-7-23-4)27-28(21,22)24-5)26-12(3)19-9-11(2)15(17)18-16(19)20/h9,12-14H,6-8,10H2,1-5H3,(H,21,22)(H2,17,18,20)/t12?,13-,14?/m0/s1. The van der Waals surface area contributed by atoms with Gasteiger partial charge in [-0.25, -0.2) is 9.36 Å². The first-order valence-electron chi connectivity index (χ1n) is 8.79. The van der Waals surface area contributed by atoms with Gasteiger partial charge in [-0.2, -0.15) is 4.98 Å². The van der Waals surface area contributed by atoms with Crippen LogP contribution in [0.5, 0.6) is 0 Å². The molecule has 11 nitrogen and oxygen atoms in total. The molecule has 0 aliphatic carbocycles. The van der Waals surface area contributed by atoms with Gasteiger partial charge in [-0.3, -0.25) is 13.6 Å². The van der Waals surface area contributed by atoms with Crippen molar-refractivity contribution in [2.24, 2.45) is 0 Å². The van der Waals surface area contributed by atoms with Gasteiger partial charge in [0.1, 0.15) is 18.1 Å². The molecule has 0 spiro atoms. The fraction of sp³-hybridized carbons (Fsp3) is 0.750. The van der Waals surface area contributed by atoms with Crippen LogP contribution in [-0.2, 0) is 27.8 Å². The Labute approximate surface area is 164 Å². The minimum Gasteiger partial charge on any atom is -0.383 e. The quantitative estimate of drug-likeness (QED) is 0.351. The summed E-state index contributed by atoms with van der Waals surface area (Å²) in [6.45, 7) is 5.78. The van der Waals surface area contributed by atoms with E-state index in [4.69, 9.17) is 24.5 Å². The summed E-state index contributed by atoms with van der Waals surface area (Å²) >= 11 is 0. The second kappa shape index (κ2) is 11.6. The zero-order valence-corrected chi connectivity index (χ0v) is 17.8. The molecule has 0 saturated heterocycles. The van der Waals surface area contributed by atoms with Gasteiger partial charge in [0.05, 0.1) is 25.9 Å². The minimum absolute atomic E-state index is 0.0313. The highest BCUT2D eigenvalue weighted by atomic mass is 31.2. The van der Waals surface area contributed by atoms with E-state index in [2.05, 4.69) is 9.51 Å². The lowest BCUT2D eigenvalue weighted by atomic mass is 10.1. The maximum Gasteiger partial charge on any atom is 0.472 e. The summed E-state index contributed by atoms with van der Waals surface area (Å²) in [6, 6.07) is 0. The summed E-state index contributed by atoms with van der Waals surface area (Å²) in [5, 5.41) is 0. The molecule has 0 fully saturated rings. The SMILES string of the molecule is CC[C@H](OC(C)n1cc(C)c(N)nc1=O)C(COCCOC)OP(=O)(O)OC. The summed E-state index contributed by atoms with van der Waals surface area (Å²) < 4.78 is 39.2. The molecule has 1 aromatic heterocycles. The predicted molar refractivity (Wildman–Crippen MR) is 102 cm³/mol. The van der Waals surface area contributed by atoms with E-state index in [9.17, 15) is 14.3 Å². The van der Waals surface area contributed by atoms with E-state index in [1.165, 1.54) is 11.7 Å². The first kappa shape index (κ1) is 24.7. The van der Waals surface area contributed by atoms with Gasteiger partial charge in [-0.05, 0) is 20.3 Å². The summed E-state index contributed by atoms with van der Waals surface area (Å²) in [4.78, 5) is 25.6. The lowest BCUT2D eigenvalue weighted by molar-refractivity contribution is -0.118. The summed E-state index contributed by atoms with van der Waals surface area (Å²) in [5.74, 6) is 0.148. The molecule has 28 heavy (non-hydrogen) atoms. The van der Waals surface area contributed by atoms with Crippen LogP contribution in [0.3, 0.4) is 0 Å². The number of nitrogens with zero attached hydrogens (tertiary/aromatic N) is 2. The Hall–Kier alpha value is -1.33. The molecule has 162 valence electrons. The Morgan fingerprint density at radius 1 is 1.32 bits per heavy atom. The van der Waals surface area contributed by atoms with Crippen LogP contribution in [0.1, 0.15) is 32.1 Å². The van der Waals surface area contributed by atoms with E-state index in [1.54, 1.807) is 20.0 Å². The lowest BCUT2D eigenvalue weighted by Crippen LogP contribution is -2.38. The predicted octanol–water partition coefficient (Wildman–Crippen LogP) is 1.24. The number of rotatable bonds is 13. The molecule has 0 amide bonds. The Kier molecular flexibility index (Phi) is 10.3. The normalized spacial score (nSPS) is 17.1. The number of methoxy groups -OCH3 is 1. The number of aromatic nitrogens is 2. The van der Waals surface area contributed by atoms with Gasteiger partial charge < -0.3 is 24.8 Å². The van der Waals surface area contributed by atoms with E-state index in [-0.39, 0.29) is 19.0 Å². The Balaban J connectivity index is 2.97. The van der Waals surface area contributed by atoms with Gasteiger partial charge in [-0.15, -0.1) is 0 Å². The molecule has 0 radical (unpaired) electrons. The number of aryl methyl sites for hydroxylation is 1. The molecule has 4 atom stereocenters. The number of nitrogen functional groups attached to an aromatic ring is 1. The van der Waals surface area contributed by atoms with Crippen molar-refractivity contribution in [1.82, 2.24) is 9.55 Å². The third-order valence-corrected chi connectivity index (χ3v) is 4.97. The molecule has 0 aliphatic rings. The zero-order valence-electron chi connectivity index (χ0n) is 16.9. The van der Waals surface area contributed by atoms with Crippen molar-refractivity contribution in [2.45, 2.75) is 45.6 Å². The summed E-state index contributed by atoms with van der Waals surface area (Å²) in [5.41, 5.74) is 5.70. The van der Waals surface area contributed by atoms with E-state index in [1.807, 2.05) is 6.92 Å². The molecule has 1 rings (SSSR count). The van der Waals surface area contributed by atoms with Crippen molar-refractivity contribution in [3.63, 3.8) is 0 Å². The van der Waals surface area contributed by atoms with Crippen molar-refractivity contribution in [1.29, 1.82) is 0 Å². The number of hydrogen-bond donors (Lipinski definition) is 2. The highest BCUT2D eigenvalue weighted by molar-refractivity contribution is 7.47. The third kappa shape index (κ3) is 7.59.